The Morgan fingerprint density at radius 2 is 1.71 bits per heavy atom. The summed E-state index contributed by atoms with van der Waals surface area (Å²) in [6.45, 7) is 0. The number of hydrogen-bond donors (Lipinski definition) is 2. The van der Waals surface area contributed by atoms with Crippen LogP contribution in [0.3, 0.4) is 0 Å². The van der Waals surface area contributed by atoms with Crippen molar-refractivity contribution in [3.63, 3.8) is 0 Å². The normalized spacial score (nSPS) is 12.3. The fourth-order valence-corrected chi connectivity index (χ4v) is 4.66. The van der Waals surface area contributed by atoms with Crippen LogP contribution in [0.15, 0.2) is 71.6 Å². The highest BCUT2D eigenvalue weighted by Crippen LogP contribution is 2.31. The number of aromatic nitrogens is 2. The van der Waals surface area contributed by atoms with Crippen LogP contribution in [0.25, 0.3) is 11.0 Å². The lowest BCUT2D eigenvalue weighted by Crippen LogP contribution is -2.13. The second-order valence-corrected chi connectivity index (χ2v) is 8.88. The van der Waals surface area contributed by atoms with Crippen LogP contribution >= 0.6 is 11.6 Å². The molecule has 4 aromatic rings. The van der Waals surface area contributed by atoms with E-state index in [2.05, 4.69) is 14.7 Å². The van der Waals surface area contributed by atoms with E-state index in [4.69, 9.17) is 11.6 Å². The highest BCUT2D eigenvalue weighted by atomic mass is 35.5. The summed E-state index contributed by atoms with van der Waals surface area (Å²) in [7, 11) is -3.84. The van der Waals surface area contributed by atoms with E-state index < -0.39 is 21.8 Å². The quantitative estimate of drug-likeness (QED) is 0.401. The predicted molar refractivity (Wildman–Crippen MR) is 113 cm³/mol. The van der Waals surface area contributed by atoms with Crippen molar-refractivity contribution in [2.24, 2.45) is 0 Å². The van der Waals surface area contributed by atoms with Crippen LogP contribution in [0.1, 0.15) is 17.0 Å². The van der Waals surface area contributed by atoms with E-state index in [1.54, 1.807) is 36.4 Å². The zero-order chi connectivity index (χ0) is 22.2. The second-order valence-electron chi connectivity index (χ2n) is 6.82. The van der Waals surface area contributed by atoms with Gasteiger partial charge in [-0.25, -0.2) is 13.4 Å². The van der Waals surface area contributed by atoms with Crippen LogP contribution in [0.2, 0.25) is 5.02 Å². The molecule has 0 aliphatic carbocycles. The Kier molecular flexibility index (Phi) is 5.40. The Morgan fingerprint density at radius 1 is 1.00 bits per heavy atom. The number of imidazole rings is 1. The zero-order valence-corrected chi connectivity index (χ0v) is 17.3. The Labute approximate surface area is 180 Å². The van der Waals surface area contributed by atoms with E-state index in [1.807, 2.05) is 0 Å². The summed E-state index contributed by atoms with van der Waals surface area (Å²) in [6.07, 6.45) is -4.08. The van der Waals surface area contributed by atoms with E-state index in [9.17, 15) is 21.6 Å². The van der Waals surface area contributed by atoms with Crippen LogP contribution in [0.4, 0.5) is 18.9 Å². The molecule has 2 N–H and O–H groups in total. The van der Waals surface area contributed by atoms with Gasteiger partial charge in [-0.3, -0.25) is 4.72 Å². The molecule has 0 saturated carbocycles. The van der Waals surface area contributed by atoms with Crippen LogP contribution in [0.5, 0.6) is 0 Å². The largest absolute Gasteiger partial charge is 0.416 e. The number of fused-ring (bicyclic) bond motifs is 1. The molecule has 0 spiro atoms. The third kappa shape index (κ3) is 4.67. The molecule has 160 valence electrons. The number of H-pyrrole nitrogens is 1. The van der Waals surface area contributed by atoms with Crippen molar-refractivity contribution in [1.82, 2.24) is 9.97 Å². The van der Waals surface area contributed by atoms with Gasteiger partial charge in [-0.15, -0.1) is 0 Å². The molecule has 4 rings (SSSR count). The summed E-state index contributed by atoms with van der Waals surface area (Å²) >= 11 is 5.97. The molecule has 10 heteroatoms. The highest BCUT2D eigenvalue weighted by Gasteiger charge is 2.30. The monoisotopic (exact) mass is 465 g/mol. The van der Waals surface area contributed by atoms with Gasteiger partial charge in [-0.2, -0.15) is 13.2 Å². The third-order valence-electron chi connectivity index (χ3n) is 4.56. The summed E-state index contributed by atoms with van der Waals surface area (Å²) in [5, 5.41) is 0.116. The molecule has 31 heavy (non-hydrogen) atoms. The van der Waals surface area contributed by atoms with Gasteiger partial charge in [-0.1, -0.05) is 35.9 Å². The third-order valence-corrected chi connectivity index (χ3v) is 6.44. The first-order valence-corrected chi connectivity index (χ1v) is 10.9. The fraction of sp³-hybridized carbons (Fsp3) is 0.0952. The molecule has 0 amide bonds. The van der Waals surface area contributed by atoms with Crippen LogP contribution in [-0.2, 0) is 22.6 Å². The number of aromatic amines is 1. The minimum Gasteiger partial charge on any atom is -0.342 e. The lowest BCUT2D eigenvalue weighted by Gasteiger charge is -2.10. The molecule has 0 bridgehead atoms. The minimum absolute atomic E-state index is 0.0266. The first-order valence-electron chi connectivity index (χ1n) is 9.04. The van der Waals surface area contributed by atoms with Crippen molar-refractivity contribution >= 4 is 38.3 Å². The van der Waals surface area contributed by atoms with E-state index in [-0.39, 0.29) is 9.92 Å². The number of nitrogens with zero attached hydrogens (tertiary/aromatic N) is 1. The molecule has 0 fully saturated rings. The molecule has 1 aromatic heterocycles. The number of anilines is 1. The van der Waals surface area contributed by atoms with Crippen molar-refractivity contribution in [1.29, 1.82) is 0 Å². The van der Waals surface area contributed by atoms with Crippen molar-refractivity contribution in [2.75, 3.05) is 4.72 Å². The molecule has 0 radical (unpaired) electrons. The van der Waals surface area contributed by atoms with E-state index in [0.717, 1.165) is 17.7 Å². The van der Waals surface area contributed by atoms with Gasteiger partial charge in [0.25, 0.3) is 10.0 Å². The van der Waals surface area contributed by atoms with Crippen molar-refractivity contribution in [3.05, 3.63) is 88.7 Å². The zero-order valence-electron chi connectivity index (χ0n) is 15.7. The van der Waals surface area contributed by atoms with Gasteiger partial charge in [0.15, 0.2) is 0 Å². The van der Waals surface area contributed by atoms with E-state index in [0.29, 0.717) is 29.0 Å². The Morgan fingerprint density at radius 3 is 2.39 bits per heavy atom. The Bertz CT molecular complexity index is 1350. The molecule has 1 heterocycles. The lowest BCUT2D eigenvalue weighted by atomic mass is 10.1. The summed E-state index contributed by atoms with van der Waals surface area (Å²) < 4.78 is 66.1. The number of nitrogens with one attached hydrogen (secondary N) is 2. The van der Waals surface area contributed by atoms with E-state index >= 15 is 0 Å². The first-order chi connectivity index (χ1) is 14.6. The van der Waals surface area contributed by atoms with Crippen molar-refractivity contribution < 1.29 is 21.6 Å². The minimum atomic E-state index is -4.42. The average molecular weight is 466 g/mol. The van der Waals surface area contributed by atoms with Gasteiger partial charge in [0.2, 0.25) is 0 Å². The molecule has 0 saturated heterocycles. The standard InChI is InChI=1S/C21H15ClF3N3O2S/c22-16-3-1-2-4-19(16)31(29,30)28-15-8-5-13(6-9-15)11-20-26-17-10-7-14(21(23,24)25)12-18(17)27-20/h1-10,12,28H,11H2,(H,26,27). The number of rotatable bonds is 5. The molecule has 3 aromatic carbocycles. The van der Waals surface area contributed by atoms with Gasteiger partial charge < -0.3 is 4.98 Å². The van der Waals surface area contributed by atoms with Gasteiger partial charge >= 0.3 is 6.18 Å². The number of halogens is 4. The van der Waals surface area contributed by atoms with Gasteiger partial charge in [0.05, 0.1) is 21.6 Å². The second kappa shape index (κ2) is 7.90. The SMILES string of the molecule is O=S(=O)(Nc1ccc(Cc2nc3ccc(C(F)(F)F)cc3[nH]2)cc1)c1ccccc1Cl. The molecular weight excluding hydrogens is 451 g/mol. The number of alkyl halides is 3. The number of hydrogen-bond acceptors (Lipinski definition) is 3. The highest BCUT2D eigenvalue weighted by molar-refractivity contribution is 7.92. The molecule has 0 unspecified atom stereocenters. The predicted octanol–water partition coefficient (Wildman–Crippen LogP) is 5.63. The molecule has 0 aliphatic rings. The summed E-state index contributed by atoms with van der Waals surface area (Å²) in [5.41, 5.74) is 1.14. The fourth-order valence-electron chi connectivity index (χ4n) is 3.08. The van der Waals surface area contributed by atoms with Crippen molar-refractivity contribution in [2.45, 2.75) is 17.5 Å². The maximum absolute atomic E-state index is 12.9. The molecule has 0 aliphatic heterocycles. The molecule has 5 nitrogen and oxygen atoms in total. The molecular formula is C21H15ClF3N3O2S. The smallest absolute Gasteiger partial charge is 0.342 e. The average Bonchev–Trinajstić information content (AvgIpc) is 3.10. The first kappa shape index (κ1) is 21.2. The Hall–Kier alpha value is -3.04. The van der Waals surface area contributed by atoms with Gasteiger partial charge in [0, 0.05) is 12.1 Å². The summed E-state index contributed by atoms with van der Waals surface area (Å²) in [4.78, 5) is 7.19. The maximum atomic E-state index is 12.9. The Balaban J connectivity index is 1.50. The number of benzene rings is 3. The van der Waals surface area contributed by atoms with E-state index in [1.165, 1.54) is 18.2 Å². The summed E-state index contributed by atoms with van der Waals surface area (Å²) in [6, 6.07) is 16.1. The van der Waals surface area contributed by atoms with Crippen LogP contribution in [0, 0.1) is 0 Å². The summed E-state index contributed by atoms with van der Waals surface area (Å²) in [5.74, 6) is 0.499. The van der Waals surface area contributed by atoms with Crippen molar-refractivity contribution in [3.8, 4) is 0 Å². The molecule has 0 atom stereocenters. The maximum Gasteiger partial charge on any atom is 0.416 e. The van der Waals surface area contributed by atoms with Gasteiger partial charge in [-0.05, 0) is 48.0 Å². The van der Waals surface area contributed by atoms with Gasteiger partial charge in [0.1, 0.15) is 10.7 Å². The topological polar surface area (TPSA) is 74.8 Å². The lowest BCUT2D eigenvalue weighted by molar-refractivity contribution is -0.137. The van der Waals surface area contributed by atoms with Crippen LogP contribution < -0.4 is 4.72 Å². The number of sulfonamides is 1. The van der Waals surface area contributed by atoms with Crippen LogP contribution in [-0.4, -0.2) is 18.4 Å².